The molecule has 18 heavy (non-hydrogen) atoms. The van der Waals surface area contributed by atoms with Gasteiger partial charge in [-0.15, -0.1) is 11.3 Å². The van der Waals surface area contributed by atoms with Gasteiger partial charge in [-0.2, -0.15) is 0 Å². The minimum Gasteiger partial charge on any atom is -0.372 e. The number of aromatic nitrogens is 3. The van der Waals surface area contributed by atoms with E-state index in [0.29, 0.717) is 12.4 Å². The van der Waals surface area contributed by atoms with E-state index in [0.717, 1.165) is 9.88 Å². The molecule has 1 amide bonds. The van der Waals surface area contributed by atoms with Crippen LogP contribution in [0.15, 0.2) is 18.6 Å². The van der Waals surface area contributed by atoms with Crippen LogP contribution in [0.5, 0.6) is 0 Å². The normalized spacial score (nSPS) is 10.1. The maximum atomic E-state index is 11.8. The second kappa shape index (κ2) is 5.54. The van der Waals surface area contributed by atoms with Crippen LogP contribution in [0, 0.1) is 6.92 Å². The number of hydrogen-bond donors (Lipinski definition) is 2. The van der Waals surface area contributed by atoms with E-state index >= 15 is 0 Å². The number of hydrogen-bond acceptors (Lipinski definition) is 6. The van der Waals surface area contributed by atoms with Crippen LogP contribution >= 0.6 is 11.3 Å². The lowest BCUT2D eigenvalue weighted by molar-refractivity contribution is 0.0945. The van der Waals surface area contributed by atoms with E-state index in [-0.39, 0.29) is 11.6 Å². The molecule has 7 heteroatoms. The van der Waals surface area contributed by atoms with Gasteiger partial charge in [-0.3, -0.25) is 9.78 Å². The van der Waals surface area contributed by atoms with Crippen LogP contribution in [0.3, 0.4) is 0 Å². The van der Waals surface area contributed by atoms with Gasteiger partial charge in [-0.05, 0) is 6.92 Å². The Balaban J connectivity index is 1.99. The van der Waals surface area contributed by atoms with Crippen molar-refractivity contribution in [3.05, 3.63) is 34.2 Å². The molecule has 0 saturated carbocycles. The van der Waals surface area contributed by atoms with Gasteiger partial charge in [0.1, 0.15) is 16.5 Å². The molecule has 2 rings (SSSR count). The third-order valence-corrected chi connectivity index (χ3v) is 3.11. The first kappa shape index (κ1) is 12.4. The zero-order valence-electron chi connectivity index (χ0n) is 10.1. The molecule has 2 N–H and O–H groups in total. The fourth-order valence-electron chi connectivity index (χ4n) is 1.33. The van der Waals surface area contributed by atoms with E-state index in [1.807, 2.05) is 6.92 Å². The summed E-state index contributed by atoms with van der Waals surface area (Å²) in [6, 6.07) is 0. The summed E-state index contributed by atoms with van der Waals surface area (Å²) in [5.74, 6) is 0.306. The highest BCUT2D eigenvalue weighted by Crippen LogP contribution is 2.10. The number of anilines is 1. The van der Waals surface area contributed by atoms with E-state index in [4.69, 9.17) is 0 Å². The Kier molecular flexibility index (Phi) is 3.83. The molecule has 0 aliphatic rings. The quantitative estimate of drug-likeness (QED) is 0.866. The summed E-state index contributed by atoms with van der Waals surface area (Å²) in [5.41, 5.74) is 0.287. The van der Waals surface area contributed by atoms with Gasteiger partial charge in [-0.1, -0.05) is 0 Å². The van der Waals surface area contributed by atoms with E-state index in [9.17, 15) is 4.79 Å². The molecule has 2 aromatic rings. The molecule has 0 saturated heterocycles. The lowest BCUT2D eigenvalue weighted by Crippen LogP contribution is -2.24. The molecule has 0 radical (unpaired) electrons. The largest absolute Gasteiger partial charge is 0.372 e. The van der Waals surface area contributed by atoms with Crippen molar-refractivity contribution < 1.29 is 4.79 Å². The number of nitrogens with one attached hydrogen (secondary N) is 2. The maximum absolute atomic E-state index is 11.8. The number of nitrogens with zero attached hydrogens (tertiary/aromatic N) is 3. The first-order valence-electron chi connectivity index (χ1n) is 5.38. The van der Waals surface area contributed by atoms with Gasteiger partial charge in [0.25, 0.3) is 5.91 Å². The molecule has 6 nitrogen and oxygen atoms in total. The summed E-state index contributed by atoms with van der Waals surface area (Å²) in [5, 5.41) is 6.47. The lowest BCUT2D eigenvalue weighted by atomic mass is 10.4. The summed E-state index contributed by atoms with van der Waals surface area (Å²) in [6.45, 7) is 2.38. The van der Waals surface area contributed by atoms with E-state index < -0.39 is 0 Å². The minimum absolute atomic E-state index is 0.257. The van der Waals surface area contributed by atoms with Crippen LogP contribution in [-0.2, 0) is 6.54 Å². The van der Waals surface area contributed by atoms with Crippen molar-refractivity contribution >= 4 is 23.1 Å². The SMILES string of the molecule is CNc1cncc(C(=O)NCc2ncc(C)s2)n1. The molecule has 0 fully saturated rings. The Labute approximate surface area is 109 Å². The van der Waals surface area contributed by atoms with Crippen molar-refractivity contribution in [3.8, 4) is 0 Å². The molecule has 0 aliphatic heterocycles. The summed E-state index contributed by atoms with van der Waals surface area (Å²) in [4.78, 5) is 25.2. The second-order valence-corrected chi connectivity index (χ2v) is 4.91. The predicted molar refractivity (Wildman–Crippen MR) is 69.6 cm³/mol. The average molecular weight is 263 g/mol. The van der Waals surface area contributed by atoms with Crippen molar-refractivity contribution in [2.24, 2.45) is 0 Å². The number of rotatable bonds is 4. The topological polar surface area (TPSA) is 79.8 Å². The van der Waals surface area contributed by atoms with Crippen molar-refractivity contribution in [1.29, 1.82) is 0 Å². The number of aryl methyl sites for hydroxylation is 1. The Morgan fingerprint density at radius 1 is 1.39 bits per heavy atom. The van der Waals surface area contributed by atoms with Crippen molar-refractivity contribution in [1.82, 2.24) is 20.3 Å². The smallest absolute Gasteiger partial charge is 0.271 e. The van der Waals surface area contributed by atoms with Crippen LogP contribution in [0.2, 0.25) is 0 Å². The highest BCUT2D eigenvalue weighted by Gasteiger charge is 2.09. The average Bonchev–Trinajstić information content (AvgIpc) is 2.82. The van der Waals surface area contributed by atoms with Crippen LogP contribution < -0.4 is 10.6 Å². The van der Waals surface area contributed by atoms with Crippen molar-refractivity contribution in [3.63, 3.8) is 0 Å². The number of carbonyl (C=O) groups is 1. The summed E-state index contributed by atoms with van der Waals surface area (Å²) >= 11 is 1.56. The Hall–Kier alpha value is -2.02. The van der Waals surface area contributed by atoms with Gasteiger partial charge in [-0.25, -0.2) is 9.97 Å². The van der Waals surface area contributed by atoms with Crippen molar-refractivity contribution in [2.45, 2.75) is 13.5 Å². The summed E-state index contributed by atoms with van der Waals surface area (Å²) in [6.07, 6.45) is 4.78. The fourth-order valence-corrected chi connectivity index (χ4v) is 2.05. The van der Waals surface area contributed by atoms with Crippen molar-refractivity contribution in [2.75, 3.05) is 12.4 Å². The molecular weight excluding hydrogens is 250 g/mol. The molecule has 94 valence electrons. The third-order valence-electron chi connectivity index (χ3n) is 2.19. The fraction of sp³-hybridized carbons (Fsp3) is 0.273. The third kappa shape index (κ3) is 3.01. The highest BCUT2D eigenvalue weighted by atomic mass is 32.1. The molecule has 0 aliphatic carbocycles. The highest BCUT2D eigenvalue weighted by molar-refractivity contribution is 7.11. The first-order chi connectivity index (χ1) is 8.69. The number of amides is 1. The van der Waals surface area contributed by atoms with E-state index in [1.54, 1.807) is 30.8 Å². The summed E-state index contributed by atoms with van der Waals surface area (Å²) < 4.78 is 0. The Morgan fingerprint density at radius 3 is 2.89 bits per heavy atom. The molecule has 0 aromatic carbocycles. The van der Waals surface area contributed by atoms with Gasteiger partial charge >= 0.3 is 0 Å². The lowest BCUT2D eigenvalue weighted by Gasteiger charge is -2.03. The van der Waals surface area contributed by atoms with Crippen LogP contribution in [0.25, 0.3) is 0 Å². The molecule has 0 unspecified atom stereocenters. The molecule has 0 atom stereocenters. The van der Waals surface area contributed by atoms with Crippen LogP contribution in [0.4, 0.5) is 5.82 Å². The van der Waals surface area contributed by atoms with Gasteiger partial charge in [0.05, 0.1) is 18.9 Å². The molecular formula is C11H13N5OS. The molecule has 0 bridgehead atoms. The monoisotopic (exact) mass is 263 g/mol. The van der Waals surface area contributed by atoms with Gasteiger partial charge in [0.2, 0.25) is 0 Å². The van der Waals surface area contributed by atoms with E-state index in [2.05, 4.69) is 25.6 Å². The van der Waals surface area contributed by atoms with Gasteiger partial charge in [0, 0.05) is 18.1 Å². The zero-order valence-corrected chi connectivity index (χ0v) is 10.9. The Morgan fingerprint density at radius 2 is 2.22 bits per heavy atom. The van der Waals surface area contributed by atoms with Gasteiger partial charge < -0.3 is 10.6 Å². The van der Waals surface area contributed by atoms with Gasteiger partial charge in [0.15, 0.2) is 0 Å². The molecule has 0 spiro atoms. The van der Waals surface area contributed by atoms with E-state index in [1.165, 1.54) is 6.20 Å². The summed E-state index contributed by atoms with van der Waals surface area (Å²) in [7, 11) is 1.73. The van der Waals surface area contributed by atoms with Crippen LogP contribution in [-0.4, -0.2) is 27.9 Å². The minimum atomic E-state index is -0.257. The second-order valence-electron chi connectivity index (χ2n) is 3.59. The standard InChI is InChI=1S/C11H13N5OS/c1-7-3-14-10(18-7)6-15-11(17)8-4-13-5-9(12-2)16-8/h3-5H,6H2,1-2H3,(H,12,16)(H,15,17). The molecule has 2 heterocycles. The molecule has 2 aromatic heterocycles. The number of thiazole rings is 1. The predicted octanol–water partition coefficient (Wildman–Crippen LogP) is 1.21. The maximum Gasteiger partial charge on any atom is 0.271 e. The first-order valence-corrected chi connectivity index (χ1v) is 6.20. The zero-order chi connectivity index (χ0) is 13.0. The van der Waals surface area contributed by atoms with Crippen LogP contribution in [0.1, 0.15) is 20.4 Å². The Bertz CT molecular complexity index is 554. The number of carbonyl (C=O) groups excluding carboxylic acids is 1.